The van der Waals surface area contributed by atoms with E-state index in [2.05, 4.69) is 22.1 Å². The zero-order valence-electron chi connectivity index (χ0n) is 17.1. The number of hydrogen-bond donors (Lipinski definition) is 1. The monoisotopic (exact) mass is 463 g/mol. The predicted molar refractivity (Wildman–Crippen MR) is 118 cm³/mol. The highest BCUT2D eigenvalue weighted by atomic mass is 32.2. The van der Waals surface area contributed by atoms with Crippen LogP contribution in [0.15, 0.2) is 47.0 Å². The summed E-state index contributed by atoms with van der Waals surface area (Å²) in [6, 6.07) is 6.22. The number of nitrogens with zero attached hydrogens (tertiary/aromatic N) is 4. The van der Waals surface area contributed by atoms with Crippen molar-refractivity contribution < 1.29 is 17.9 Å². The Morgan fingerprint density at radius 2 is 1.94 bits per heavy atom. The first kappa shape index (κ1) is 22.0. The van der Waals surface area contributed by atoms with E-state index in [9.17, 15) is 13.2 Å². The van der Waals surface area contributed by atoms with Gasteiger partial charge in [0.15, 0.2) is 5.16 Å². The third-order valence-corrected chi connectivity index (χ3v) is 7.96. The van der Waals surface area contributed by atoms with E-state index in [0.717, 1.165) is 18.7 Å². The summed E-state index contributed by atoms with van der Waals surface area (Å²) in [5, 5.41) is 12.0. The Kier molecular flexibility index (Phi) is 6.75. The number of thioether (sulfide) groups is 1. The van der Waals surface area contributed by atoms with Gasteiger partial charge in [0.1, 0.15) is 5.82 Å². The minimum absolute atomic E-state index is 0.174. The number of amides is 1. The van der Waals surface area contributed by atoms with Crippen LogP contribution in [0.3, 0.4) is 0 Å². The maximum atomic E-state index is 12.7. The molecule has 11 heteroatoms. The number of aromatic nitrogens is 3. The van der Waals surface area contributed by atoms with Crippen molar-refractivity contribution in [2.45, 2.75) is 35.4 Å². The largest absolute Gasteiger partial charge is 0.379 e. The molecular weight excluding hydrogens is 438 g/mol. The van der Waals surface area contributed by atoms with Gasteiger partial charge in [0, 0.05) is 31.2 Å². The smallest absolute Gasteiger partial charge is 0.243 e. The van der Waals surface area contributed by atoms with E-state index in [1.807, 2.05) is 4.57 Å². The summed E-state index contributed by atoms with van der Waals surface area (Å²) in [6.45, 7) is 5.88. The van der Waals surface area contributed by atoms with Gasteiger partial charge < -0.3 is 14.6 Å². The summed E-state index contributed by atoms with van der Waals surface area (Å²) in [5.41, 5.74) is 0.540. The average molecular weight is 464 g/mol. The highest BCUT2D eigenvalue weighted by Gasteiger charge is 2.30. The molecule has 1 aromatic carbocycles. The summed E-state index contributed by atoms with van der Waals surface area (Å²) in [4.78, 5) is 12.6. The van der Waals surface area contributed by atoms with E-state index in [-0.39, 0.29) is 16.6 Å². The van der Waals surface area contributed by atoms with Gasteiger partial charge in [-0.05, 0) is 37.1 Å². The second kappa shape index (κ2) is 9.51. The maximum absolute atomic E-state index is 12.7. The number of benzene rings is 1. The normalized spacial score (nSPS) is 17.4. The minimum atomic E-state index is -3.55. The van der Waals surface area contributed by atoms with Crippen molar-refractivity contribution >= 4 is 33.4 Å². The quantitative estimate of drug-likeness (QED) is 0.448. The second-order valence-electron chi connectivity index (χ2n) is 7.39. The van der Waals surface area contributed by atoms with Crippen LogP contribution in [-0.4, -0.2) is 65.5 Å². The van der Waals surface area contributed by atoms with Gasteiger partial charge >= 0.3 is 0 Å². The molecular formula is C20H25N5O4S2. The molecule has 1 aliphatic heterocycles. The Hall–Kier alpha value is -2.21. The summed E-state index contributed by atoms with van der Waals surface area (Å²) in [5.74, 6) is 1.39. The number of ether oxygens (including phenoxy) is 1. The molecule has 1 saturated heterocycles. The first-order valence-corrected chi connectivity index (χ1v) is 12.6. The van der Waals surface area contributed by atoms with E-state index in [1.165, 1.54) is 28.2 Å². The van der Waals surface area contributed by atoms with Crippen LogP contribution in [0.4, 0.5) is 5.69 Å². The Balaban J connectivity index is 1.34. The fourth-order valence-electron chi connectivity index (χ4n) is 3.32. The van der Waals surface area contributed by atoms with Gasteiger partial charge in [0.2, 0.25) is 15.9 Å². The van der Waals surface area contributed by atoms with Gasteiger partial charge in [0.25, 0.3) is 0 Å². The zero-order valence-corrected chi connectivity index (χ0v) is 18.7. The van der Waals surface area contributed by atoms with E-state index < -0.39 is 10.0 Å². The van der Waals surface area contributed by atoms with Crippen molar-refractivity contribution in [2.75, 3.05) is 37.4 Å². The lowest BCUT2D eigenvalue weighted by Crippen LogP contribution is -2.40. The second-order valence-corrected chi connectivity index (χ2v) is 10.3. The molecule has 166 valence electrons. The average Bonchev–Trinajstić information content (AvgIpc) is 3.55. The van der Waals surface area contributed by atoms with Gasteiger partial charge in [-0.2, -0.15) is 4.31 Å². The van der Waals surface area contributed by atoms with Crippen LogP contribution in [-0.2, 0) is 26.1 Å². The number of hydrogen-bond acceptors (Lipinski definition) is 7. The standard InChI is InChI=1S/C20H25N5O4S2/c1-2-9-25-19(15-3-4-15)22-23-20(25)30-14-18(26)21-16-5-7-17(8-6-16)31(27,28)24-10-12-29-13-11-24/h2,5-8,15H,1,3-4,9-14H2,(H,21,26). The molecule has 0 bridgehead atoms. The molecule has 4 rings (SSSR count). The molecule has 1 saturated carbocycles. The highest BCUT2D eigenvalue weighted by molar-refractivity contribution is 7.99. The van der Waals surface area contributed by atoms with Crippen LogP contribution in [0, 0.1) is 0 Å². The Labute approximate surface area is 185 Å². The molecule has 2 aromatic rings. The first-order chi connectivity index (χ1) is 15.0. The minimum Gasteiger partial charge on any atom is -0.379 e. The van der Waals surface area contributed by atoms with Gasteiger partial charge in [-0.25, -0.2) is 8.42 Å². The summed E-state index contributed by atoms with van der Waals surface area (Å²) in [7, 11) is -3.55. The topological polar surface area (TPSA) is 106 Å². The van der Waals surface area contributed by atoms with Crippen molar-refractivity contribution in [1.29, 1.82) is 0 Å². The number of anilines is 1. The van der Waals surface area contributed by atoms with Crippen molar-refractivity contribution in [1.82, 2.24) is 19.1 Å². The number of nitrogens with one attached hydrogen (secondary N) is 1. The molecule has 2 fully saturated rings. The van der Waals surface area contributed by atoms with Crippen LogP contribution in [0.2, 0.25) is 0 Å². The molecule has 2 aliphatic rings. The molecule has 0 unspecified atom stereocenters. The van der Waals surface area contributed by atoms with Crippen molar-refractivity contribution in [3.63, 3.8) is 0 Å². The molecule has 1 aromatic heterocycles. The van der Waals surface area contributed by atoms with E-state index in [4.69, 9.17) is 4.74 Å². The Bertz CT molecular complexity index is 1040. The van der Waals surface area contributed by atoms with Crippen LogP contribution < -0.4 is 5.32 Å². The molecule has 1 N–H and O–H groups in total. The third-order valence-electron chi connectivity index (χ3n) is 5.08. The van der Waals surface area contributed by atoms with E-state index in [1.54, 1.807) is 18.2 Å². The van der Waals surface area contributed by atoms with Crippen molar-refractivity contribution in [3.05, 3.63) is 42.7 Å². The number of morpholine rings is 1. The molecule has 0 spiro atoms. The van der Waals surface area contributed by atoms with Crippen LogP contribution in [0.25, 0.3) is 0 Å². The van der Waals surface area contributed by atoms with Gasteiger partial charge in [0.05, 0.1) is 23.9 Å². The number of rotatable bonds is 9. The molecule has 1 aliphatic carbocycles. The lowest BCUT2D eigenvalue weighted by molar-refractivity contribution is -0.113. The van der Waals surface area contributed by atoms with Gasteiger partial charge in [-0.3, -0.25) is 4.79 Å². The number of allylic oxidation sites excluding steroid dienone is 1. The van der Waals surface area contributed by atoms with Gasteiger partial charge in [-0.15, -0.1) is 16.8 Å². The van der Waals surface area contributed by atoms with Crippen molar-refractivity contribution in [2.24, 2.45) is 0 Å². The Morgan fingerprint density at radius 3 is 2.58 bits per heavy atom. The summed E-state index contributed by atoms with van der Waals surface area (Å²) < 4.78 is 34.0. The SMILES string of the molecule is C=CCn1c(SCC(=O)Nc2ccc(S(=O)(=O)N3CCOCC3)cc2)nnc1C1CC1. The van der Waals surface area contributed by atoms with Crippen molar-refractivity contribution in [3.8, 4) is 0 Å². The fraction of sp³-hybridized carbons (Fsp3) is 0.450. The Morgan fingerprint density at radius 1 is 1.23 bits per heavy atom. The molecule has 0 atom stereocenters. The van der Waals surface area contributed by atoms with E-state index >= 15 is 0 Å². The highest BCUT2D eigenvalue weighted by Crippen LogP contribution is 2.40. The lowest BCUT2D eigenvalue weighted by Gasteiger charge is -2.26. The van der Waals surface area contributed by atoms with Crippen LogP contribution in [0.5, 0.6) is 0 Å². The van der Waals surface area contributed by atoms with Crippen LogP contribution >= 0.6 is 11.8 Å². The molecule has 0 radical (unpaired) electrons. The third kappa shape index (κ3) is 5.17. The molecule has 31 heavy (non-hydrogen) atoms. The number of sulfonamides is 1. The predicted octanol–water partition coefficient (Wildman–Crippen LogP) is 2.09. The fourth-order valence-corrected chi connectivity index (χ4v) is 5.49. The lowest BCUT2D eigenvalue weighted by atomic mass is 10.3. The summed E-state index contributed by atoms with van der Waals surface area (Å²) in [6.07, 6.45) is 4.04. The zero-order chi connectivity index (χ0) is 21.8. The number of carbonyl (C=O) groups excluding carboxylic acids is 1. The summed E-state index contributed by atoms with van der Waals surface area (Å²) >= 11 is 1.32. The maximum Gasteiger partial charge on any atom is 0.243 e. The van der Waals surface area contributed by atoms with Crippen LogP contribution in [0.1, 0.15) is 24.6 Å². The first-order valence-electron chi connectivity index (χ1n) is 10.1. The molecule has 2 heterocycles. The molecule has 9 nitrogen and oxygen atoms in total. The number of carbonyl (C=O) groups is 1. The van der Waals surface area contributed by atoms with E-state index in [0.29, 0.717) is 49.6 Å². The van der Waals surface area contributed by atoms with Gasteiger partial charge in [-0.1, -0.05) is 17.8 Å². The molecule has 1 amide bonds.